The van der Waals surface area contributed by atoms with Gasteiger partial charge in [-0.3, -0.25) is 4.79 Å². The van der Waals surface area contributed by atoms with Crippen LogP contribution >= 0.6 is 27.5 Å². The van der Waals surface area contributed by atoms with Crippen molar-refractivity contribution in [1.29, 1.82) is 0 Å². The third-order valence-corrected chi connectivity index (χ3v) is 4.18. The highest BCUT2D eigenvalue weighted by Crippen LogP contribution is 2.34. The maximum atomic E-state index is 12.2. The zero-order chi connectivity index (χ0) is 14.1. The standard InChI is InChI=1S/C16H11BrClNO/c17-12-7-3-1-5-10(12)16-15(14(20)9-18)11-6-2-4-8-13(11)19-16/h1-8,19H,9H2. The Morgan fingerprint density at radius 1 is 1.10 bits per heavy atom. The second kappa shape index (κ2) is 5.43. The van der Waals surface area contributed by atoms with Gasteiger partial charge in [0.05, 0.1) is 17.1 Å². The maximum Gasteiger partial charge on any atom is 0.180 e. The number of fused-ring (bicyclic) bond motifs is 1. The van der Waals surface area contributed by atoms with E-state index < -0.39 is 0 Å². The van der Waals surface area contributed by atoms with Gasteiger partial charge in [-0.25, -0.2) is 0 Å². The number of benzene rings is 2. The molecule has 1 N–H and O–H groups in total. The van der Waals surface area contributed by atoms with Crippen LogP contribution in [0.25, 0.3) is 22.2 Å². The lowest BCUT2D eigenvalue weighted by Gasteiger charge is -2.05. The molecule has 0 atom stereocenters. The molecule has 0 radical (unpaired) electrons. The number of H-pyrrole nitrogens is 1. The molecule has 0 aliphatic heterocycles. The first kappa shape index (κ1) is 13.4. The predicted molar refractivity (Wildman–Crippen MR) is 86.5 cm³/mol. The van der Waals surface area contributed by atoms with Gasteiger partial charge in [0.25, 0.3) is 0 Å². The van der Waals surface area contributed by atoms with Crippen LogP contribution in [0.5, 0.6) is 0 Å². The summed E-state index contributed by atoms with van der Waals surface area (Å²) in [5.74, 6) is -0.103. The van der Waals surface area contributed by atoms with E-state index in [9.17, 15) is 4.79 Å². The van der Waals surface area contributed by atoms with E-state index in [0.717, 1.165) is 26.6 Å². The molecule has 100 valence electrons. The van der Waals surface area contributed by atoms with Gasteiger partial charge in [-0.15, -0.1) is 11.6 Å². The number of carbonyl (C=O) groups is 1. The van der Waals surface area contributed by atoms with E-state index in [1.54, 1.807) is 0 Å². The molecule has 1 aromatic heterocycles. The highest BCUT2D eigenvalue weighted by Gasteiger charge is 2.19. The predicted octanol–water partition coefficient (Wildman–Crippen LogP) is 5.02. The van der Waals surface area contributed by atoms with Gasteiger partial charge in [-0.1, -0.05) is 52.3 Å². The van der Waals surface area contributed by atoms with Crippen molar-refractivity contribution < 1.29 is 4.79 Å². The Hall–Kier alpha value is -1.58. The highest BCUT2D eigenvalue weighted by atomic mass is 79.9. The summed E-state index contributed by atoms with van der Waals surface area (Å²) in [6, 6.07) is 15.6. The Bertz CT molecular complexity index is 794. The van der Waals surface area contributed by atoms with Crippen molar-refractivity contribution in [2.45, 2.75) is 0 Å². The highest BCUT2D eigenvalue weighted by molar-refractivity contribution is 9.10. The summed E-state index contributed by atoms with van der Waals surface area (Å²) in [5, 5.41) is 0.906. The van der Waals surface area contributed by atoms with Crippen LogP contribution in [0.4, 0.5) is 0 Å². The topological polar surface area (TPSA) is 32.9 Å². The summed E-state index contributed by atoms with van der Waals surface area (Å²) in [6.07, 6.45) is 0. The smallest absolute Gasteiger partial charge is 0.180 e. The number of aromatic amines is 1. The Morgan fingerprint density at radius 3 is 2.55 bits per heavy atom. The molecule has 0 amide bonds. The Morgan fingerprint density at radius 2 is 1.80 bits per heavy atom. The number of nitrogens with one attached hydrogen (secondary N) is 1. The van der Waals surface area contributed by atoms with Crippen molar-refractivity contribution in [1.82, 2.24) is 4.98 Å². The molecule has 2 nitrogen and oxygen atoms in total. The minimum absolute atomic E-state index is 0.0285. The van der Waals surface area contributed by atoms with E-state index >= 15 is 0 Å². The summed E-state index contributed by atoms with van der Waals surface area (Å²) >= 11 is 9.30. The first-order chi connectivity index (χ1) is 9.72. The van der Waals surface area contributed by atoms with Crippen LogP contribution in [0.15, 0.2) is 53.0 Å². The molecule has 0 aliphatic rings. The zero-order valence-corrected chi connectivity index (χ0v) is 12.8. The number of halogens is 2. The summed E-state index contributed by atoms with van der Waals surface area (Å²) in [7, 11) is 0. The van der Waals surface area contributed by atoms with Gasteiger partial charge in [0.15, 0.2) is 5.78 Å². The minimum Gasteiger partial charge on any atom is -0.354 e. The van der Waals surface area contributed by atoms with Crippen molar-refractivity contribution in [3.8, 4) is 11.3 Å². The van der Waals surface area contributed by atoms with E-state index in [0.29, 0.717) is 5.56 Å². The van der Waals surface area contributed by atoms with E-state index in [1.165, 1.54) is 0 Å². The lowest BCUT2D eigenvalue weighted by Crippen LogP contribution is -2.01. The third-order valence-electron chi connectivity index (χ3n) is 3.25. The fourth-order valence-corrected chi connectivity index (χ4v) is 2.98. The van der Waals surface area contributed by atoms with E-state index in [2.05, 4.69) is 20.9 Å². The lowest BCUT2D eigenvalue weighted by atomic mass is 10.0. The lowest BCUT2D eigenvalue weighted by molar-refractivity contribution is 0.102. The summed E-state index contributed by atoms with van der Waals surface area (Å²) in [5.41, 5.74) is 3.36. The largest absolute Gasteiger partial charge is 0.354 e. The molecule has 0 saturated carbocycles. The van der Waals surface area contributed by atoms with Gasteiger partial charge < -0.3 is 4.98 Å². The maximum absolute atomic E-state index is 12.2. The second-order valence-electron chi connectivity index (χ2n) is 4.46. The van der Waals surface area contributed by atoms with Crippen molar-refractivity contribution in [3.05, 3.63) is 58.6 Å². The molecular formula is C16H11BrClNO. The fraction of sp³-hybridized carbons (Fsp3) is 0.0625. The van der Waals surface area contributed by atoms with Crippen LogP contribution in [0.2, 0.25) is 0 Å². The molecule has 3 rings (SSSR count). The fourth-order valence-electron chi connectivity index (χ4n) is 2.36. The third kappa shape index (κ3) is 2.17. The molecular weight excluding hydrogens is 338 g/mol. The molecule has 20 heavy (non-hydrogen) atoms. The average Bonchev–Trinajstić information content (AvgIpc) is 2.86. The first-order valence-electron chi connectivity index (χ1n) is 6.17. The number of Topliss-reactive ketones (excluding diaryl/α,β-unsaturated/α-hetero) is 1. The number of carbonyl (C=O) groups excluding carboxylic acids is 1. The molecule has 2 aromatic carbocycles. The van der Waals surface area contributed by atoms with Crippen LogP contribution in [0.1, 0.15) is 10.4 Å². The Balaban J connectivity index is 2.35. The van der Waals surface area contributed by atoms with Crippen LogP contribution in [-0.4, -0.2) is 16.6 Å². The van der Waals surface area contributed by atoms with Gasteiger partial charge in [-0.05, 0) is 12.1 Å². The number of aromatic nitrogens is 1. The molecule has 4 heteroatoms. The van der Waals surface area contributed by atoms with Gasteiger partial charge in [0.2, 0.25) is 0 Å². The van der Waals surface area contributed by atoms with E-state index in [1.807, 2.05) is 48.5 Å². The molecule has 1 heterocycles. The molecule has 0 spiro atoms. The number of hydrogen-bond acceptors (Lipinski definition) is 1. The van der Waals surface area contributed by atoms with Crippen molar-refractivity contribution in [2.75, 3.05) is 5.88 Å². The molecule has 0 unspecified atom stereocenters. The van der Waals surface area contributed by atoms with Crippen molar-refractivity contribution in [2.24, 2.45) is 0 Å². The van der Waals surface area contributed by atoms with Crippen molar-refractivity contribution >= 4 is 44.2 Å². The van der Waals surface area contributed by atoms with Gasteiger partial charge in [-0.2, -0.15) is 0 Å². The average molecular weight is 349 g/mol. The van der Waals surface area contributed by atoms with E-state index in [4.69, 9.17) is 11.6 Å². The number of alkyl halides is 1. The molecule has 0 saturated heterocycles. The van der Waals surface area contributed by atoms with Crippen LogP contribution < -0.4 is 0 Å². The number of hydrogen-bond donors (Lipinski definition) is 1. The number of ketones is 1. The van der Waals surface area contributed by atoms with Gasteiger partial charge in [0, 0.05) is 20.9 Å². The van der Waals surface area contributed by atoms with Gasteiger partial charge in [0.1, 0.15) is 0 Å². The Kier molecular flexibility index (Phi) is 3.64. The summed E-state index contributed by atoms with van der Waals surface area (Å²) in [6.45, 7) is 0. The van der Waals surface area contributed by atoms with Gasteiger partial charge >= 0.3 is 0 Å². The number of rotatable bonds is 3. The number of para-hydroxylation sites is 1. The van der Waals surface area contributed by atoms with Crippen LogP contribution in [-0.2, 0) is 0 Å². The molecule has 0 aliphatic carbocycles. The first-order valence-corrected chi connectivity index (χ1v) is 7.50. The second-order valence-corrected chi connectivity index (χ2v) is 5.58. The quantitative estimate of drug-likeness (QED) is 0.523. The van der Waals surface area contributed by atoms with E-state index in [-0.39, 0.29) is 11.7 Å². The van der Waals surface area contributed by atoms with Crippen molar-refractivity contribution in [3.63, 3.8) is 0 Å². The summed E-state index contributed by atoms with van der Waals surface area (Å²) < 4.78 is 0.940. The van der Waals surface area contributed by atoms with Crippen LogP contribution in [0.3, 0.4) is 0 Å². The minimum atomic E-state index is -0.0742. The monoisotopic (exact) mass is 347 g/mol. The SMILES string of the molecule is O=C(CCl)c1c(-c2ccccc2Br)[nH]c2ccccc12. The zero-order valence-electron chi connectivity index (χ0n) is 10.5. The molecule has 0 bridgehead atoms. The molecule has 3 aromatic rings. The van der Waals surface area contributed by atoms with Crippen LogP contribution in [0, 0.1) is 0 Å². The normalized spacial score (nSPS) is 10.9. The summed E-state index contributed by atoms with van der Waals surface area (Å²) in [4.78, 5) is 15.6. The Labute approximate surface area is 129 Å². The molecule has 0 fully saturated rings.